The molecule has 4 aliphatic rings. The zero-order chi connectivity index (χ0) is 27.0. The minimum atomic E-state index is -1.20. The SMILES string of the molecule is COC1(c2ccc(/C=C/C(=O)O)c(B3OC(C)(C)C(C)(C)O3)c2Cl)OOC12C(C)CC1CC(C)CC2C1. The molecule has 0 radical (unpaired) electrons. The molecule has 0 amide bonds. The van der Waals surface area contributed by atoms with Crippen LogP contribution in [0.5, 0.6) is 0 Å². The Bertz CT molecular complexity index is 1100. The normalized spacial score (nSPS) is 38.2. The van der Waals surface area contributed by atoms with Crippen LogP contribution in [0.4, 0.5) is 0 Å². The standard InChI is InChI=1S/C28H38BClO7/c1-16-12-18-14-17(2)27(20(13-16)15-18)28(33-7,37-36-27)21-10-8-19(9-11-22(31)32)23(24(21)30)29-34-25(3,4)26(5,6)35-29/h8-11,16-18,20H,12-15H2,1-7H3,(H,31,32)/b11-9+. The summed E-state index contributed by atoms with van der Waals surface area (Å²) >= 11 is 7.23. The molecule has 4 fully saturated rings. The molecular weight excluding hydrogens is 495 g/mol. The van der Waals surface area contributed by atoms with Crippen LogP contribution >= 0.6 is 11.6 Å². The molecule has 202 valence electrons. The van der Waals surface area contributed by atoms with E-state index in [9.17, 15) is 9.90 Å². The van der Waals surface area contributed by atoms with Gasteiger partial charge in [-0.15, -0.1) is 0 Å². The van der Waals surface area contributed by atoms with E-state index in [-0.39, 0.29) is 11.8 Å². The van der Waals surface area contributed by atoms with Crippen LogP contribution in [-0.2, 0) is 34.4 Å². The number of fused-ring (bicyclic) bond motifs is 3. The van der Waals surface area contributed by atoms with Gasteiger partial charge < -0.3 is 19.2 Å². The minimum absolute atomic E-state index is 0.195. The lowest BCUT2D eigenvalue weighted by atomic mass is 9.54. The molecular formula is C28H38BClO7. The van der Waals surface area contributed by atoms with Crippen molar-refractivity contribution < 1.29 is 33.7 Å². The van der Waals surface area contributed by atoms with Crippen LogP contribution in [-0.4, -0.2) is 42.1 Å². The summed E-state index contributed by atoms with van der Waals surface area (Å²) in [4.78, 5) is 23.4. The predicted molar refractivity (Wildman–Crippen MR) is 141 cm³/mol. The Morgan fingerprint density at radius 3 is 2.32 bits per heavy atom. The van der Waals surface area contributed by atoms with Crippen molar-refractivity contribution in [2.45, 2.75) is 89.8 Å². The molecule has 2 saturated carbocycles. The lowest BCUT2D eigenvalue weighted by molar-refractivity contribution is -0.641. The summed E-state index contributed by atoms with van der Waals surface area (Å²) in [5.74, 6) is -0.523. The van der Waals surface area contributed by atoms with Crippen molar-refractivity contribution in [2.24, 2.45) is 23.7 Å². The summed E-state index contributed by atoms with van der Waals surface area (Å²) in [6.07, 6.45) is 7.00. The molecule has 6 unspecified atom stereocenters. The number of ether oxygens (including phenoxy) is 1. The number of halogens is 1. The van der Waals surface area contributed by atoms with Crippen molar-refractivity contribution in [1.29, 1.82) is 0 Å². The number of carboxylic acid groups (broad SMARTS) is 1. The predicted octanol–water partition coefficient (Wildman–Crippen LogP) is 5.33. The summed E-state index contributed by atoms with van der Waals surface area (Å²) in [5, 5.41) is 9.67. The molecule has 7 nitrogen and oxygen atoms in total. The van der Waals surface area contributed by atoms with E-state index < -0.39 is 35.7 Å². The molecule has 5 rings (SSSR count). The van der Waals surface area contributed by atoms with Gasteiger partial charge in [-0.25, -0.2) is 9.68 Å². The van der Waals surface area contributed by atoms with Crippen molar-refractivity contribution in [3.05, 3.63) is 34.4 Å². The lowest BCUT2D eigenvalue weighted by Crippen LogP contribution is -2.74. The quantitative estimate of drug-likeness (QED) is 0.312. The van der Waals surface area contributed by atoms with E-state index >= 15 is 0 Å². The number of benzene rings is 1. The molecule has 0 aromatic heterocycles. The van der Waals surface area contributed by atoms with Gasteiger partial charge >= 0.3 is 13.1 Å². The van der Waals surface area contributed by atoms with E-state index in [0.717, 1.165) is 25.3 Å². The monoisotopic (exact) mass is 532 g/mol. The Morgan fingerprint density at radius 2 is 1.76 bits per heavy atom. The van der Waals surface area contributed by atoms with Crippen molar-refractivity contribution in [3.63, 3.8) is 0 Å². The van der Waals surface area contributed by atoms with Crippen LogP contribution < -0.4 is 5.46 Å². The lowest BCUT2D eigenvalue weighted by Gasteiger charge is -2.65. The first-order chi connectivity index (χ1) is 17.3. The third kappa shape index (κ3) is 3.94. The Balaban J connectivity index is 1.65. The smallest absolute Gasteiger partial charge is 0.478 e. The Hall–Kier alpha value is -1.42. The van der Waals surface area contributed by atoms with E-state index in [1.165, 1.54) is 12.5 Å². The minimum Gasteiger partial charge on any atom is -0.478 e. The fourth-order valence-corrected chi connectivity index (χ4v) is 7.64. The van der Waals surface area contributed by atoms with Gasteiger partial charge in [0.25, 0.3) is 5.79 Å². The van der Waals surface area contributed by atoms with E-state index in [0.29, 0.717) is 33.4 Å². The second-order valence-corrected chi connectivity index (χ2v) is 12.9. The van der Waals surface area contributed by atoms with Crippen LogP contribution in [0.2, 0.25) is 5.02 Å². The summed E-state index contributed by atoms with van der Waals surface area (Å²) in [7, 11) is 0.831. The average Bonchev–Trinajstić information content (AvgIpc) is 2.99. The maximum atomic E-state index is 11.4. The van der Waals surface area contributed by atoms with Crippen LogP contribution in [0.15, 0.2) is 18.2 Å². The number of aliphatic carboxylic acids is 1. The van der Waals surface area contributed by atoms with Gasteiger partial charge in [0.2, 0.25) is 0 Å². The Labute approximate surface area is 224 Å². The highest BCUT2D eigenvalue weighted by Gasteiger charge is 2.74. The number of carbonyl (C=O) groups is 1. The van der Waals surface area contributed by atoms with Gasteiger partial charge in [-0.1, -0.05) is 37.6 Å². The highest BCUT2D eigenvalue weighted by atomic mass is 35.5. The third-order valence-electron chi connectivity index (χ3n) is 9.63. The number of hydrogen-bond donors (Lipinski definition) is 1. The molecule has 37 heavy (non-hydrogen) atoms. The number of hydrogen-bond acceptors (Lipinski definition) is 6. The Kier molecular flexibility index (Phi) is 6.66. The second kappa shape index (κ2) is 9.07. The van der Waals surface area contributed by atoms with Crippen LogP contribution in [0, 0.1) is 23.7 Å². The van der Waals surface area contributed by atoms with E-state index in [2.05, 4.69) is 13.8 Å². The molecule has 9 heteroatoms. The molecule has 2 bridgehead atoms. The van der Waals surface area contributed by atoms with Gasteiger partial charge in [-0.05, 0) is 88.7 Å². The largest absolute Gasteiger partial charge is 0.497 e. The van der Waals surface area contributed by atoms with E-state index in [4.69, 9.17) is 35.4 Å². The summed E-state index contributed by atoms with van der Waals surface area (Å²) in [5.41, 5.74) is -0.0989. The summed E-state index contributed by atoms with van der Waals surface area (Å²) in [6.45, 7) is 12.4. The highest BCUT2D eigenvalue weighted by molar-refractivity contribution is 6.66. The van der Waals surface area contributed by atoms with Gasteiger partial charge in [0.15, 0.2) is 5.60 Å². The molecule has 2 aliphatic carbocycles. The van der Waals surface area contributed by atoms with E-state index in [1.54, 1.807) is 7.11 Å². The average molecular weight is 533 g/mol. The first-order valence-corrected chi connectivity index (χ1v) is 13.7. The topological polar surface area (TPSA) is 83.5 Å². The molecule has 1 N–H and O–H groups in total. The number of carboxylic acids is 1. The number of rotatable bonds is 5. The summed E-state index contributed by atoms with van der Waals surface area (Å²) in [6, 6.07) is 3.69. The van der Waals surface area contributed by atoms with Crippen molar-refractivity contribution in [2.75, 3.05) is 7.11 Å². The molecule has 1 aromatic carbocycles. The Morgan fingerprint density at radius 1 is 1.08 bits per heavy atom. The molecule has 2 heterocycles. The van der Waals surface area contributed by atoms with E-state index in [1.807, 2.05) is 39.8 Å². The fourth-order valence-electron chi connectivity index (χ4n) is 7.25. The molecule has 2 aliphatic heterocycles. The zero-order valence-corrected chi connectivity index (χ0v) is 23.6. The van der Waals surface area contributed by atoms with Crippen LogP contribution in [0.25, 0.3) is 6.08 Å². The van der Waals surface area contributed by atoms with Crippen LogP contribution in [0.3, 0.4) is 0 Å². The molecule has 6 atom stereocenters. The maximum Gasteiger partial charge on any atom is 0.497 e. The van der Waals surface area contributed by atoms with Gasteiger partial charge in [0.05, 0.1) is 11.2 Å². The second-order valence-electron chi connectivity index (χ2n) is 12.5. The van der Waals surface area contributed by atoms with Gasteiger partial charge in [0.1, 0.15) is 0 Å². The number of methoxy groups -OCH3 is 1. The third-order valence-corrected chi connectivity index (χ3v) is 10.0. The fraction of sp³-hybridized carbons (Fsp3) is 0.679. The zero-order valence-electron chi connectivity index (χ0n) is 22.8. The van der Waals surface area contributed by atoms with Crippen molar-refractivity contribution in [3.8, 4) is 0 Å². The molecule has 2 saturated heterocycles. The first-order valence-electron chi connectivity index (χ1n) is 13.3. The van der Waals surface area contributed by atoms with Crippen LogP contribution in [0.1, 0.15) is 78.4 Å². The molecule has 1 aromatic rings. The maximum absolute atomic E-state index is 11.4. The molecule has 1 spiro atoms. The summed E-state index contributed by atoms with van der Waals surface area (Å²) < 4.78 is 19.0. The van der Waals surface area contributed by atoms with Crippen molar-refractivity contribution >= 4 is 36.2 Å². The highest BCUT2D eigenvalue weighted by Crippen LogP contribution is 2.65. The van der Waals surface area contributed by atoms with Crippen molar-refractivity contribution in [1.82, 2.24) is 0 Å². The van der Waals surface area contributed by atoms with Gasteiger partial charge in [0, 0.05) is 29.2 Å². The van der Waals surface area contributed by atoms with Gasteiger partial charge in [-0.2, -0.15) is 4.89 Å². The van der Waals surface area contributed by atoms with Gasteiger partial charge in [-0.3, -0.25) is 0 Å². The first kappa shape index (κ1) is 27.2.